The Balaban J connectivity index is 1.55. The van der Waals surface area contributed by atoms with Gasteiger partial charge >= 0.3 is 0 Å². The Morgan fingerprint density at radius 2 is 1.37 bits per heavy atom. The van der Waals surface area contributed by atoms with Crippen molar-refractivity contribution in [1.82, 2.24) is 10.2 Å². The number of rotatable bonds is 13. The van der Waals surface area contributed by atoms with Gasteiger partial charge in [0.05, 0.1) is 10.6 Å². The second-order valence-corrected chi connectivity index (χ2v) is 13.9. The Kier molecular flexibility index (Phi) is 10.9. The first kappa shape index (κ1) is 32.9. The van der Waals surface area contributed by atoms with E-state index in [2.05, 4.69) is 5.32 Å². The fourth-order valence-corrected chi connectivity index (χ4v) is 7.39. The normalized spacial score (nSPS) is 14.0. The third kappa shape index (κ3) is 8.23. The van der Waals surface area contributed by atoms with Gasteiger partial charge in [0.25, 0.3) is 10.0 Å². The molecule has 4 aromatic carbocycles. The predicted molar refractivity (Wildman–Crippen MR) is 183 cm³/mol. The van der Waals surface area contributed by atoms with Gasteiger partial charge in [-0.05, 0) is 67.1 Å². The van der Waals surface area contributed by atoms with Crippen molar-refractivity contribution < 1.29 is 18.0 Å². The van der Waals surface area contributed by atoms with Crippen LogP contribution in [0, 0.1) is 6.92 Å². The highest BCUT2D eigenvalue weighted by molar-refractivity contribution is 7.92. The molecule has 0 bridgehead atoms. The number of anilines is 1. The van der Waals surface area contributed by atoms with E-state index in [1.807, 2.05) is 80.6 Å². The highest BCUT2D eigenvalue weighted by Gasteiger charge is 2.35. The maximum Gasteiger partial charge on any atom is 0.264 e. The molecular formula is C38H43N3O4S. The molecule has 0 unspecified atom stereocenters. The molecule has 8 heteroatoms. The van der Waals surface area contributed by atoms with E-state index in [1.54, 1.807) is 35.2 Å². The van der Waals surface area contributed by atoms with Crippen molar-refractivity contribution in [3.8, 4) is 0 Å². The molecule has 0 spiro atoms. The Bertz CT molecular complexity index is 1690. The Morgan fingerprint density at radius 1 is 0.783 bits per heavy atom. The van der Waals surface area contributed by atoms with Crippen LogP contribution in [0.25, 0.3) is 0 Å². The molecule has 1 fully saturated rings. The summed E-state index contributed by atoms with van der Waals surface area (Å²) in [6.45, 7) is 3.72. The molecule has 2 amide bonds. The summed E-state index contributed by atoms with van der Waals surface area (Å²) < 4.78 is 29.5. The lowest BCUT2D eigenvalue weighted by atomic mass is 10.0. The van der Waals surface area contributed by atoms with E-state index in [4.69, 9.17) is 0 Å². The average molecular weight is 638 g/mol. The summed E-state index contributed by atoms with van der Waals surface area (Å²) in [5.74, 6) is -0.678. The molecule has 1 N–H and O–H groups in total. The molecule has 1 aliphatic rings. The highest BCUT2D eigenvalue weighted by Crippen LogP contribution is 2.26. The fourth-order valence-electron chi connectivity index (χ4n) is 5.96. The number of aryl methyl sites for hydroxylation is 2. The monoisotopic (exact) mass is 637 g/mol. The number of sulfonamides is 1. The van der Waals surface area contributed by atoms with E-state index < -0.39 is 28.5 Å². The van der Waals surface area contributed by atoms with Crippen LogP contribution < -0.4 is 9.62 Å². The first-order chi connectivity index (χ1) is 22.2. The maximum absolute atomic E-state index is 14.6. The third-order valence-corrected chi connectivity index (χ3v) is 10.5. The molecule has 240 valence electrons. The summed E-state index contributed by atoms with van der Waals surface area (Å²) in [6, 6.07) is 32.1. The van der Waals surface area contributed by atoms with Crippen molar-refractivity contribution in [2.24, 2.45) is 0 Å². The largest absolute Gasteiger partial charge is 0.352 e. The molecule has 7 nitrogen and oxygen atoms in total. The van der Waals surface area contributed by atoms with Crippen LogP contribution in [0.15, 0.2) is 114 Å². The smallest absolute Gasteiger partial charge is 0.264 e. The van der Waals surface area contributed by atoms with Crippen LogP contribution >= 0.6 is 0 Å². The summed E-state index contributed by atoms with van der Waals surface area (Å²) in [7, 11) is -4.12. The van der Waals surface area contributed by atoms with E-state index in [0.717, 1.165) is 54.4 Å². The molecule has 1 aliphatic carbocycles. The number of hydrogen-bond donors (Lipinski definition) is 1. The first-order valence-corrected chi connectivity index (χ1v) is 17.5. The van der Waals surface area contributed by atoms with Gasteiger partial charge < -0.3 is 10.2 Å². The lowest BCUT2D eigenvalue weighted by Crippen LogP contribution is -2.54. The van der Waals surface area contributed by atoms with E-state index in [1.165, 1.54) is 16.4 Å². The molecule has 0 saturated heterocycles. The second-order valence-electron chi connectivity index (χ2n) is 12.0. The predicted octanol–water partition coefficient (Wildman–Crippen LogP) is 6.45. The molecule has 5 rings (SSSR count). The molecule has 46 heavy (non-hydrogen) atoms. The van der Waals surface area contributed by atoms with Crippen LogP contribution in [-0.2, 0) is 39.0 Å². The van der Waals surface area contributed by atoms with Crippen LogP contribution in [0.2, 0.25) is 0 Å². The number of hydrogen-bond acceptors (Lipinski definition) is 4. The molecule has 0 aromatic heterocycles. The summed E-state index contributed by atoms with van der Waals surface area (Å²) >= 11 is 0. The van der Waals surface area contributed by atoms with Crippen molar-refractivity contribution in [2.75, 3.05) is 10.8 Å². The second kappa shape index (κ2) is 15.2. The van der Waals surface area contributed by atoms with Crippen LogP contribution in [0.5, 0.6) is 0 Å². The summed E-state index contributed by atoms with van der Waals surface area (Å²) in [5, 5.41) is 3.22. The first-order valence-electron chi connectivity index (χ1n) is 16.1. The van der Waals surface area contributed by atoms with Gasteiger partial charge in [0.2, 0.25) is 11.8 Å². The van der Waals surface area contributed by atoms with Crippen LogP contribution in [0.1, 0.15) is 54.9 Å². The summed E-state index contributed by atoms with van der Waals surface area (Å²) in [4.78, 5) is 30.4. The minimum absolute atomic E-state index is 0.0640. The van der Waals surface area contributed by atoms with Gasteiger partial charge in [-0.3, -0.25) is 13.9 Å². The minimum Gasteiger partial charge on any atom is -0.352 e. The fraction of sp³-hybridized carbons (Fsp3) is 0.316. The van der Waals surface area contributed by atoms with Gasteiger partial charge in [-0.15, -0.1) is 0 Å². The number of amides is 2. The Morgan fingerprint density at radius 3 is 1.98 bits per heavy atom. The van der Waals surface area contributed by atoms with Crippen molar-refractivity contribution in [1.29, 1.82) is 0 Å². The quantitative estimate of drug-likeness (QED) is 0.183. The maximum atomic E-state index is 14.6. The lowest BCUT2D eigenvalue weighted by molar-refractivity contribution is -0.140. The van der Waals surface area contributed by atoms with E-state index in [9.17, 15) is 18.0 Å². The van der Waals surface area contributed by atoms with Gasteiger partial charge in [0.1, 0.15) is 12.6 Å². The molecule has 1 atom stereocenters. The molecule has 1 saturated carbocycles. The van der Waals surface area contributed by atoms with Crippen LogP contribution in [0.3, 0.4) is 0 Å². The van der Waals surface area contributed by atoms with Gasteiger partial charge in [0, 0.05) is 19.0 Å². The van der Waals surface area contributed by atoms with Gasteiger partial charge in [-0.2, -0.15) is 0 Å². The summed E-state index contributed by atoms with van der Waals surface area (Å²) in [5.41, 5.74) is 4.30. The lowest BCUT2D eigenvalue weighted by Gasteiger charge is -2.34. The van der Waals surface area contributed by atoms with Crippen LogP contribution in [-0.4, -0.2) is 43.8 Å². The zero-order valence-corrected chi connectivity index (χ0v) is 27.5. The number of carbonyl (C=O) groups excluding carboxylic acids is 2. The van der Waals surface area contributed by atoms with Gasteiger partial charge in [-0.1, -0.05) is 110 Å². The highest BCUT2D eigenvalue weighted by atomic mass is 32.2. The minimum atomic E-state index is -4.12. The SMILES string of the molecule is CCc1ccc(N(CC(=O)N(Cc2ccc(C)cc2)[C@@H](Cc2ccccc2)C(=O)NC2CCCC2)S(=O)(=O)c2ccccc2)cc1. The zero-order valence-electron chi connectivity index (χ0n) is 26.6. The van der Waals surface area contributed by atoms with E-state index >= 15 is 0 Å². The Labute approximate surface area is 273 Å². The van der Waals surface area contributed by atoms with E-state index in [0.29, 0.717) is 12.1 Å². The van der Waals surface area contributed by atoms with Gasteiger partial charge in [-0.25, -0.2) is 8.42 Å². The number of carbonyl (C=O) groups is 2. The summed E-state index contributed by atoms with van der Waals surface area (Å²) in [6.07, 6.45) is 5.03. The Hall–Kier alpha value is -4.43. The number of nitrogens with one attached hydrogen (secondary N) is 1. The zero-order chi connectivity index (χ0) is 32.5. The average Bonchev–Trinajstić information content (AvgIpc) is 3.60. The van der Waals surface area contributed by atoms with Crippen molar-refractivity contribution in [3.05, 3.63) is 131 Å². The molecule has 4 aromatic rings. The molecule has 0 radical (unpaired) electrons. The molecule has 0 aliphatic heterocycles. The molecule has 0 heterocycles. The van der Waals surface area contributed by atoms with Crippen molar-refractivity contribution >= 4 is 27.5 Å². The third-order valence-electron chi connectivity index (χ3n) is 8.69. The van der Waals surface area contributed by atoms with Crippen molar-refractivity contribution in [3.63, 3.8) is 0 Å². The number of nitrogens with zero attached hydrogens (tertiary/aromatic N) is 2. The van der Waals surface area contributed by atoms with Crippen LogP contribution in [0.4, 0.5) is 5.69 Å². The van der Waals surface area contributed by atoms with Gasteiger partial charge in [0.15, 0.2) is 0 Å². The molecular weight excluding hydrogens is 595 g/mol. The number of benzene rings is 4. The topological polar surface area (TPSA) is 86.8 Å². The van der Waals surface area contributed by atoms with E-state index in [-0.39, 0.29) is 23.4 Å². The standard InChI is InChI=1S/C38H43N3O4S/c1-3-30-22-24-34(25-23-30)41(46(44,45)35-16-8-5-9-17-35)28-37(42)40(27-32-20-18-29(2)19-21-32)36(26-31-12-6-4-7-13-31)38(43)39-33-14-10-11-15-33/h4-9,12-13,16-25,33,36H,3,10-11,14-15,26-28H2,1-2H3,(H,39,43)/t36-/m0/s1. The van der Waals surface area contributed by atoms with Crippen molar-refractivity contribution in [2.45, 2.75) is 75.9 Å².